The van der Waals surface area contributed by atoms with E-state index in [1.165, 1.54) is 5.56 Å². The second kappa shape index (κ2) is 8.94. The molecule has 0 aliphatic rings. The van der Waals surface area contributed by atoms with Crippen molar-refractivity contribution in [1.29, 1.82) is 0 Å². The van der Waals surface area contributed by atoms with Crippen molar-refractivity contribution in [3.8, 4) is 5.75 Å². The Morgan fingerprint density at radius 1 is 1.26 bits per heavy atom. The van der Waals surface area contributed by atoms with Crippen molar-refractivity contribution in [2.45, 2.75) is 52.2 Å². The van der Waals surface area contributed by atoms with Crippen LogP contribution in [0.25, 0.3) is 0 Å². The summed E-state index contributed by atoms with van der Waals surface area (Å²) in [5.41, 5.74) is 1.21. The highest BCUT2D eigenvalue weighted by Crippen LogP contribution is 2.27. The Hall–Kier alpha value is -1.06. The molecule has 0 amide bonds. The molecule has 1 rings (SSSR count). The summed E-state index contributed by atoms with van der Waals surface area (Å²) in [7, 11) is 0. The molecule has 0 aliphatic heterocycles. The quantitative estimate of drug-likeness (QED) is 0.720. The molecule has 3 heteroatoms. The van der Waals surface area contributed by atoms with E-state index in [2.05, 4.69) is 25.2 Å². The van der Waals surface area contributed by atoms with E-state index in [1.807, 2.05) is 18.2 Å². The number of aliphatic hydroxyl groups excluding tert-OH is 1. The number of rotatable bonds is 9. The smallest absolute Gasteiger partial charge is 0.124 e. The Bertz CT molecular complexity index is 352. The molecule has 0 fully saturated rings. The van der Waals surface area contributed by atoms with E-state index < -0.39 is 0 Å². The zero-order valence-electron chi connectivity index (χ0n) is 12.4. The van der Waals surface area contributed by atoms with E-state index in [-0.39, 0.29) is 6.10 Å². The maximum Gasteiger partial charge on any atom is 0.124 e. The Balaban J connectivity index is 2.69. The van der Waals surface area contributed by atoms with Gasteiger partial charge in [-0.1, -0.05) is 32.0 Å². The fraction of sp³-hybridized carbons (Fsp3) is 0.625. The predicted molar refractivity (Wildman–Crippen MR) is 79.6 cm³/mol. The van der Waals surface area contributed by atoms with Crippen LogP contribution in [0, 0.1) is 0 Å². The van der Waals surface area contributed by atoms with E-state index in [9.17, 15) is 5.11 Å². The van der Waals surface area contributed by atoms with Gasteiger partial charge < -0.3 is 15.2 Å². The van der Waals surface area contributed by atoms with Crippen LogP contribution in [-0.4, -0.2) is 24.4 Å². The number of nitrogens with one attached hydrogen (secondary N) is 1. The Labute approximate surface area is 117 Å². The maximum atomic E-state index is 9.28. The summed E-state index contributed by atoms with van der Waals surface area (Å²) in [5.74, 6) is 0.929. The first-order valence-corrected chi connectivity index (χ1v) is 7.32. The van der Waals surface area contributed by atoms with Crippen LogP contribution in [0.15, 0.2) is 24.3 Å². The molecule has 0 spiro atoms. The second-order valence-corrected chi connectivity index (χ2v) is 4.94. The van der Waals surface area contributed by atoms with Crippen LogP contribution in [0.2, 0.25) is 0 Å². The van der Waals surface area contributed by atoms with Gasteiger partial charge in [-0.15, -0.1) is 0 Å². The zero-order valence-corrected chi connectivity index (χ0v) is 12.4. The van der Waals surface area contributed by atoms with Gasteiger partial charge in [0.05, 0.1) is 12.7 Å². The van der Waals surface area contributed by atoms with E-state index >= 15 is 0 Å². The monoisotopic (exact) mass is 265 g/mol. The molecule has 2 atom stereocenters. The van der Waals surface area contributed by atoms with Crippen molar-refractivity contribution < 1.29 is 9.84 Å². The van der Waals surface area contributed by atoms with Crippen molar-refractivity contribution >= 4 is 0 Å². The van der Waals surface area contributed by atoms with Crippen molar-refractivity contribution in [3.05, 3.63) is 29.8 Å². The lowest BCUT2D eigenvalue weighted by Crippen LogP contribution is -2.22. The fourth-order valence-corrected chi connectivity index (χ4v) is 2.03. The highest BCUT2D eigenvalue weighted by atomic mass is 16.5. The van der Waals surface area contributed by atoms with Gasteiger partial charge in [0.1, 0.15) is 5.75 Å². The number of hydrogen-bond acceptors (Lipinski definition) is 3. The lowest BCUT2D eigenvalue weighted by atomic mass is 10.0. The standard InChI is InChI=1S/C16H27NO2/c1-4-11-17-15(5-2)14-8-6-7-9-16(14)19-12-10-13(3)18/h6-9,13,15,17-18H,4-5,10-12H2,1-3H3. The number of hydrogen-bond donors (Lipinski definition) is 2. The molecule has 0 bridgehead atoms. The molecule has 108 valence electrons. The third kappa shape index (κ3) is 5.62. The molecule has 1 aromatic rings. The minimum atomic E-state index is -0.313. The van der Waals surface area contributed by atoms with Crippen molar-refractivity contribution in [3.63, 3.8) is 0 Å². The summed E-state index contributed by atoms with van der Waals surface area (Å²) < 4.78 is 5.81. The summed E-state index contributed by atoms with van der Waals surface area (Å²) in [5, 5.41) is 12.8. The first kappa shape index (κ1) is 16.0. The molecule has 19 heavy (non-hydrogen) atoms. The molecule has 3 nitrogen and oxygen atoms in total. The van der Waals surface area contributed by atoms with Gasteiger partial charge in [0.15, 0.2) is 0 Å². The number of ether oxygens (including phenoxy) is 1. The van der Waals surface area contributed by atoms with Gasteiger partial charge in [-0.3, -0.25) is 0 Å². The molecular formula is C16H27NO2. The topological polar surface area (TPSA) is 41.5 Å². The largest absolute Gasteiger partial charge is 0.493 e. The number of para-hydroxylation sites is 1. The Morgan fingerprint density at radius 3 is 2.63 bits per heavy atom. The molecule has 2 unspecified atom stereocenters. The van der Waals surface area contributed by atoms with E-state index in [4.69, 9.17) is 4.74 Å². The van der Waals surface area contributed by atoms with Gasteiger partial charge in [-0.25, -0.2) is 0 Å². The highest BCUT2D eigenvalue weighted by Gasteiger charge is 2.13. The third-order valence-corrected chi connectivity index (χ3v) is 3.14. The molecule has 0 saturated carbocycles. The molecule has 0 radical (unpaired) electrons. The lowest BCUT2D eigenvalue weighted by Gasteiger charge is -2.20. The first-order chi connectivity index (χ1) is 9.19. The van der Waals surface area contributed by atoms with Crippen molar-refractivity contribution in [2.24, 2.45) is 0 Å². The van der Waals surface area contributed by atoms with Crippen molar-refractivity contribution in [2.75, 3.05) is 13.2 Å². The van der Waals surface area contributed by atoms with Gasteiger partial charge in [0.25, 0.3) is 0 Å². The van der Waals surface area contributed by atoms with Gasteiger partial charge in [-0.05, 0) is 32.4 Å². The molecule has 0 aromatic heterocycles. The Morgan fingerprint density at radius 2 is 2.00 bits per heavy atom. The molecule has 1 aromatic carbocycles. The zero-order chi connectivity index (χ0) is 14.1. The van der Waals surface area contributed by atoms with Gasteiger partial charge >= 0.3 is 0 Å². The molecule has 0 saturated heterocycles. The second-order valence-electron chi connectivity index (χ2n) is 4.94. The summed E-state index contributed by atoms with van der Waals surface area (Å²) in [6, 6.07) is 8.51. The van der Waals surface area contributed by atoms with Crippen LogP contribution in [0.4, 0.5) is 0 Å². The summed E-state index contributed by atoms with van der Waals surface area (Å²) in [6.45, 7) is 7.71. The van der Waals surface area contributed by atoms with Crippen LogP contribution in [0.1, 0.15) is 51.6 Å². The maximum absolute atomic E-state index is 9.28. The van der Waals surface area contributed by atoms with Crippen LogP contribution in [0.3, 0.4) is 0 Å². The summed E-state index contributed by atoms with van der Waals surface area (Å²) >= 11 is 0. The normalized spacial score (nSPS) is 14.1. The third-order valence-electron chi connectivity index (χ3n) is 3.14. The van der Waals surface area contributed by atoms with Crippen LogP contribution in [-0.2, 0) is 0 Å². The van der Waals surface area contributed by atoms with Crippen molar-refractivity contribution in [1.82, 2.24) is 5.32 Å². The molecule has 2 N–H and O–H groups in total. The summed E-state index contributed by atoms with van der Waals surface area (Å²) in [6.07, 6.45) is 2.51. The summed E-state index contributed by atoms with van der Waals surface area (Å²) in [4.78, 5) is 0. The number of aliphatic hydroxyl groups is 1. The minimum Gasteiger partial charge on any atom is -0.493 e. The van der Waals surface area contributed by atoms with Crippen LogP contribution in [0.5, 0.6) is 5.75 Å². The fourth-order valence-electron chi connectivity index (χ4n) is 2.03. The average molecular weight is 265 g/mol. The molecule has 0 heterocycles. The highest BCUT2D eigenvalue weighted by molar-refractivity contribution is 5.35. The predicted octanol–water partition coefficient (Wildman–Crippen LogP) is 3.29. The van der Waals surface area contributed by atoms with Gasteiger partial charge in [0, 0.05) is 18.0 Å². The number of benzene rings is 1. The van der Waals surface area contributed by atoms with Crippen LogP contribution < -0.4 is 10.1 Å². The van der Waals surface area contributed by atoms with Gasteiger partial charge in [0.2, 0.25) is 0 Å². The lowest BCUT2D eigenvalue weighted by molar-refractivity contribution is 0.155. The molecular weight excluding hydrogens is 238 g/mol. The molecule has 0 aliphatic carbocycles. The van der Waals surface area contributed by atoms with Crippen LogP contribution >= 0.6 is 0 Å². The van der Waals surface area contributed by atoms with E-state index in [0.29, 0.717) is 19.1 Å². The first-order valence-electron chi connectivity index (χ1n) is 7.32. The minimum absolute atomic E-state index is 0.313. The van der Waals surface area contributed by atoms with E-state index in [0.717, 1.165) is 25.1 Å². The van der Waals surface area contributed by atoms with E-state index in [1.54, 1.807) is 6.92 Å². The Kier molecular flexibility index (Phi) is 7.53. The average Bonchev–Trinajstić information content (AvgIpc) is 2.40. The SMILES string of the molecule is CCCNC(CC)c1ccccc1OCCC(C)O. The van der Waals surface area contributed by atoms with Gasteiger partial charge in [-0.2, -0.15) is 0 Å².